The van der Waals surface area contributed by atoms with E-state index >= 15 is 0 Å². The van der Waals surface area contributed by atoms with Crippen molar-refractivity contribution in [3.8, 4) is 0 Å². The van der Waals surface area contributed by atoms with Crippen LogP contribution in [0, 0.1) is 0 Å². The molecule has 0 radical (unpaired) electrons. The highest BCUT2D eigenvalue weighted by Crippen LogP contribution is 2.38. The Labute approximate surface area is 198 Å². The summed E-state index contributed by atoms with van der Waals surface area (Å²) in [6, 6.07) is 17.6. The lowest BCUT2D eigenvalue weighted by atomic mass is 10.1. The van der Waals surface area contributed by atoms with Crippen molar-refractivity contribution in [3.05, 3.63) is 59.7 Å². The van der Waals surface area contributed by atoms with Crippen molar-refractivity contribution in [2.45, 2.75) is 19.8 Å². The summed E-state index contributed by atoms with van der Waals surface area (Å²) in [7, 11) is 7.67. The lowest BCUT2D eigenvalue weighted by molar-refractivity contribution is -0.121. The van der Waals surface area contributed by atoms with Gasteiger partial charge in [0, 0.05) is 25.5 Å². The first-order valence-electron chi connectivity index (χ1n) is 10.9. The summed E-state index contributed by atoms with van der Waals surface area (Å²) in [6.07, 6.45) is 2.00. The van der Waals surface area contributed by atoms with Gasteiger partial charge in [-0.15, -0.1) is 0 Å². The second-order valence-electron chi connectivity index (χ2n) is 8.43. The van der Waals surface area contributed by atoms with Gasteiger partial charge in [0.1, 0.15) is 0 Å². The molecular formula is C25H36N3O2PS. The number of likely N-dealkylation sites (N-methyl/N-ethyl adjacent to an activating group) is 2. The Kier molecular flexibility index (Phi) is 11.4. The van der Waals surface area contributed by atoms with Crippen LogP contribution in [0.1, 0.15) is 18.1 Å². The zero-order valence-corrected chi connectivity index (χ0v) is 21.6. The first kappa shape index (κ1) is 26.5. The number of nitrogens with one attached hydrogen (secondary N) is 1. The van der Waals surface area contributed by atoms with Crippen molar-refractivity contribution in [2.75, 3.05) is 53.3 Å². The molecule has 2 aromatic carbocycles. The van der Waals surface area contributed by atoms with Gasteiger partial charge in [0.25, 0.3) is 0 Å². The molecule has 0 saturated heterocycles. The number of thioether (sulfide) groups is 1. The summed E-state index contributed by atoms with van der Waals surface area (Å²) in [5.74, 6) is -0.177. The van der Waals surface area contributed by atoms with Crippen LogP contribution in [0.15, 0.2) is 48.5 Å². The van der Waals surface area contributed by atoms with Crippen LogP contribution >= 0.6 is 19.7 Å². The number of hydrogen-bond donors (Lipinski definition) is 1. The minimum absolute atomic E-state index is 0.000208. The fraction of sp³-hybridized carbons (Fsp3) is 0.440. The number of carbonyl (C=O) groups excluding carboxylic acids is 2. The van der Waals surface area contributed by atoms with E-state index in [4.69, 9.17) is 0 Å². The Balaban J connectivity index is 2.25. The summed E-state index contributed by atoms with van der Waals surface area (Å²) < 4.78 is 0. The van der Waals surface area contributed by atoms with Gasteiger partial charge < -0.3 is 15.1 Å². The SMILES string of the molecule is CC(=O)NCC(=O)SCP(c1cccc(CCN(C)C)c1)c1cccc(CCN(C)C)c1. The molecular weight excluding hydrogens is 437 g/mol. The predicted molar refractivity (Wildman–Crippen MR) is 140 cm³/mol. The fourth-order valence-electron chi connectivity index (χ4n) is 3.15. The van der Waals surface area contributed by atoms with Crippen LogP contribution in [-0.4, -0.2) is 74.1 Å². The normalized spacial score (nSPS) is 11.4. The number of benzene rings is 2. The van der Waals surface area contributed by atoms with E-state index in [0.717, 1.165) is 25.9 Å². The van der Waals surface area contributed by atoms with Gasteiger partial charge in [-0.3, -0.25) is 9.59 Å². The van der Waals surface area contributed by atoms with Crippen LogP contribution in [0.2, 0.25) is 0 Å². The summed E-state index contributed by atoms with van der Waals surface area (Å²) >= 11 is 1.32. The minimum Gasteiger partial charge on any atom is -0.348 e. The van der Waals surface area contributed by atoms with E-state index < -0.39 is 7.92 Å². The summed E-state index contributed by atoms with van der Waals surface area (Å²) in [6.45, 7) is 3.52. The van der Waals surface area contributed by atoms with E-state index in [9.17, 15) is 9.59 Å². The molecule has 0 unspecified atom stereocenters. The molecule has 0 atom stereocenters. The maximum Gasteiger partial charge on any atom is 0.217 e. The average molecular weight is 474 g/mol. The molecule has 0 aromatic heterocycles. The van der Waals surface area contributed by atoms with Crippen LogP contribution in [0.4, 0.5) is 0 Å². The van der Waals surface area contributed by atoms with E-state index in [0.29, 0.717) is 5.49 Å². The summed E-state index contributed by atoms with van der Waals surface area (Å²) in [4.78, 5) is 27.9. The zero-order chi connectivity index (χ0) is 23.5. The molecule has 2 aromatic rings. The molecule has 1 amide bonds. The van der Waals surface area contributed by atoms with Crippen molar-refractivity contribution in [1.82, 2.24) is 15.1 Å². The Bertz CT molecular complexity index is 833. The predicted octanol–water partition coefficient (Wildman–Crippen LogP) is 2.68. The largest absolute Gasteiger partial charge is 0.348 e. The first-order chi connectivity index (χ1) is 15.2. The van der Waals surface area contributed by atoms with Gasteiger partial charge in [-0.05, 0) is 70.7 Å². The highest BCUT2D eigenvalue weighted by molar-refractivity contribution is 8.18. The monoisotopic (exact) mass is 473 g/mol. The summed E-state index contributed by atoms with van der Waals surface area (Å²) in [5, 5.41) is 5.20. The Morgan fingerprint density at radius 2 is 1.38 bits per heavy atom. The molecule has 2 rings (SSSR count). The van der Waals surface area contributed by atoms with Crippen molar-refractivity contribution in [3.63, 3.8) is 0 Å². The van der Waals surface area contributed by atoms with E-state index in [1.807, 2.05) is 0 Å². The third-order valence-electron chi connectivity index (χ3n) is 4.98. The van der Waals surface area contributed by atoms with Gasteiger partial charge in [-0.1, -0.05) is 60.3 Å². The quantitative estimate of drug-likeness (QED) is 0.481. The Morgan fingerprint density at radius 3 is 1.81 bits per heavy atom. The topological polar surface area (TPSA) is 52.7 Å². The van der Waals surface area contributed by atoms with E-state index in [-0.39, 0.29) is 17.6 Å². The number of rotatable bonds is 12. The molecule has 7 heteroatoms. The highest BCUT2D eigenvalue weighted by atomic mass is 32.2. The maximum absolute atomic E-state index is 12.4. The highest BCUT2D eigenvalue weighted by Gasteiger charge is 2.17. The molecule has 174 valence electrons. The lowest BCUT2D eigenvalue weighted by Gasteiger charge is -2.20. The number of nitrogens with zero attached hydrogens (tertiary/aromatic N) is 2. The van der Waals surface area contributed by atoms with E-state index in [2.05, 4.69) is 91.8 Å². The number of amides is 1. The van der Waals surface area contributed by atoms with Crippen molar-refractivity contribution in [2.24, 2.45) is 0 Å². The molecule has 0 aliphatic rings. The van der Waals surface area contributed by atoms with Crippen molar-refractivity contribution < 1.29 is 9.59 Å². The first-order valence-corrected chi connectivity index (χ1v) is 13.4. The second-order valence-corrected chi connectivity index (χ2v) is 12.1. The molecule has 32 heavy (non-hydrogen) atoms. The van der Waals surface area contributed by atoms with Gasteiger partial charge in [-0.25, -0.2) is 0 Å². The number of carbonyl (C=O) groups is 2. The summed E-state index contributed by atoms with van der Waals surface area (Å²) in [5.41, 5.74) is 3.35. The maximum atomic E-state index is 12.4. The van der Waals surface area contributed by atoms with Gasteiger partial charge in [-0.2, -0.15) is 0 Å². The third-order valence-corrected chi connectivity index (χ3v) is 8.79. The minimum atomic E-state index is -0.692. The molecule has 0 fully saturated rings. The lowest BCUT2D eigenvalue weighted by Crippen LogP contribution is -2.26. The van der Waals surface area contributed by atoms with Gasteiger partial charge in [0.05, 0.1) is 6.54 Å². The van der Waals surface area contributed by atoms with Crippen LogP contribution in [-0.2, 0) is 22.4 Å². The van der Waals surface area contributed by atoms with E-state index in [1.54, 1.807) is 0 Å². The smallest absolute Gasteiger partial charge is 0.217 e. The molecule has 0 aliphatic heterocycles. The third kappa shape index (κ3) is 9.83. The van der Waals surface area contributed by atoms with Crippen LogP contribution < -0.4 is 15.9 Å². The van der Waals surface area contributed by atoms with Gasteiger partial charge in [0.15, 0.2) is 0 Å². The molecule has 0 aliphatic carbocycles. The fourth-order valence-corrected chi connectivity index (χ4v) is 7.08. The zero-order valence-electron chi connectivity index (χ0n) is 19.9. The van der Waals surface area contributed by atoms with Crippen LogP contribution in [0.5, 0.6) is 0 Å². The molecule has 1 N–H and O–H groups in total. The molecule has 0 heterocycles. The van der Waals surface area contributed by atoms with Crippen molar-refractivity contribution in [1.29, 1.82) is 0 Å². The molecule has 0 spiro atoms. The average Bonchev–Trinajstić information content (AvgIpc) is 2.75. The van der Waals surface area contributed by atoms with Crippen LogP contribution in [0.25, 0.3) is 0 Å². The van der Waals surface area contributed by atoms with E-state index in [1.165, 1.54) is 40.4 Å². The molecule has 5 nitrogen and oxygen atoms in total. The number of hydrogen-bond acceptors (Lipinski definition) is 5. The standard InChI is InChI=1S/C25H36N3O2PS/c1-20(29)26-18-25(30)32-19-31(23-10-6-8-21(16-23)12-14-27(2)3)24-11-7-9-22(17-24)13-15-28(4)5/h6-11,16-17H,12-15,18-19H2,1-5H3,(H,26,29). The van der Waals surface area contributed by atoms with Gasteiger partial charge >= 0.3 is 0 Å². The molecule has 0 saturated carbocycles. The Hall–Kier alpha value is -1.72. The van der Waals surface area contributed by atoms with Crippen LogP contribution in [0.3, 0.4) is 0 Å². The Morgan fingerprint density at radius 1 is 0.875 bits per heavy atom. The van der Waals surface area contributed by atoms with Gasteiger partial charge in [0.2, 0.25) is 11.0 Å². The van der Waals surface area contributed by atoms with Crippen molar-refractivity contribution >= 4 is 41.3 Å². The molecule has 0 bridgehead atoms. The second kappa shape index (κ2) is 13.7.